The highest BCUT2D eigenvalue weighted by Crippen LogP contribution is 2.27. The second-order valence-corrected chi connectivity index (χ2v) is 5.44. The average Bonchev–Trinajstić information content (AvgIpc) is 3.00. The Balaban J connectivity index is 1.73. The van der Waals surface area contributed by atoms with E-state index in [9.17, 15) is 4.79 Å². The number of hydrogen-bond donors (Lipinski definition) is 2. The second-order valence-electron chi connectivity index (χ2n) is 5.44. The van der Waals surface area contributed by atoms with Crippen LogP contribution in [0.4, 0.5) is 5.69 Å². The first kappa shape index (κ1) is 12.1. The first-order chi connectivity index (χ1) is 9.22. The first-order valence-electron chi connectivity index (χ1n) is 6.85. The normalized spacial score (nSPS) is 22.6. The SMILES string of the molecule is CC1CCC(Nc2ccc(-n3cc[nH]c3=O)cc2)C1. The summed E-state index contributed by atoms with van der Waals surface area (Å²) in [6.45, 7) is 2.31. The van der Waals surface area contributed by atoms with Crippen LogP contribution in [0.2, 0.25) is 0 Å². The molecule has 2 unspecified atom stereocenters. The molecule has 1 aliphatic carbocycles. The van der Waals surface area contributed by atoms with Crippen LogP contribution in [0.15, 0.2) is 41.5 Å². The minimum atomic E-state index is -0.106. The zero-order valence-corrected chi connectivity index (χ0v) is 11.1. The van der Waals surface area contributed by atoms with Gasteiger partial charge in [-0.2, -0.15) is 0 Å². The van der Waals surface area contributed by atoms with Crippen molar-refractivity contribution in [1.82, 2.24) is 9.55 Å². The molecule has 1 aromatic carbocycles. The Morgan fingerprint density at radius 3 is 2.63 bits per heavy atom. The van der Waals surface area contributed by atoms with Gasteiger partial charge in [-0.05, 0) is 49.4 Å². The van der Waals surface area contributed by atoms with Crippen LogP contribution >= 0.6 is 0 Å². The molecule has 1 heterocycles. The fourth-order valence-electron chi connectivity index (χ4n) is 2.82. The van der Waals surface area contributed by atoms with E-state index in [2.05, 4.69) is 17.2 Å². The predicted octanol–water partition coefficient (Wildman–Crippen LogP) is 2.77. The van der Waals surface area contributed by atoms with Gasteiger partial charge in [-0.25, -0.2) is 4.79 Å². The van der Waals surface area contributed by atoms with Crippen molar-refractivity contribution in [2.75, 3.05) is 5.32 Å². The molecule has 1 aromatic heterocycles. The Bertz CT molecular complexity index is 596. The van der Waals surface area contributed by atoms with E-state index in [0.29, 0.717) is 6.04 Å². The maximum atomic E-state index is 11.5. The summed E-state index contributed by atoms with van der Waals surface area (Å²) >= 11 is 0. The quantitative estimate of drug-likeness (QED) is 0.888. The molecule has 0 spiro atoms. The number of aromatic nitrogens is 2. The van der Waals surface area contributed by atoms with Crippen LogP contribution in [0.25, 0.3) is 5.69 Å². The molecule has 1 aliphatic rings. The van der Waals surface area contributed by atoms with Crippen LogP contribution in [-0.4, -0.2) is 15.6 Å². The molecular formula is C15H19N3O. The van der Waals surface area contributed by atoms with Crippen LogP contribution in [0.3, 0.4) is 0 Å². The maximum Gasteiger partial charge on any atom is 0.330 e. The Labute approximate surface area is 112 Å². The van der Waals surface area contributed by atoms with Gasteiger partial charge in [-0.15, -0.1) is 0 Å². The molecule has 0 amide bonds. The van der Waals surface area contributed by atoms with Gasteiger partial charge in [-0.3, -0.25) is 4.57 Å². The largest absolute Gasteiger partial charge is 0.382 e. The van der Waals surface area contributed by atoms with Gasteiger partial charge in [0.25, 0.3) is 0 Å². The minimum absolute atomic E-state index is 0.106. The molecule has 2 aromatic rings. The summed E-state index contributed by atoms with van der Waals surface area (Å²) in [6.07, 6.45) is 7.20. The zero-order valence-electron chi connectivity index (χ0n) is 11.1. The van der Waals surface area contributed by atoms with Gasteiger partial charge in [0, 0.05) is 24.1 Å². The highest BCUT2D eigenvalue weighted by atomic mass is 16.1. The van der Waals surface area contributed by atoms with Crippen molar-refractivity contribution < 1.29 is 0 Å². The average molecular weight is 257 g/mol. The molecule has 1 fully saturated rings. The highest BCUT2D eigenvalue weighted by molar-refractivity contribution is 5.49. The number of nitrogens with zero attached hydrogens (tertiary/aromatic N) is 1. The predicted molar refractivity (Wildman–Crippen MR) is 76.8 cm³/mol. The van der Waals surface area contributed by atoms with Crippen LogP contribution in [-0.2, 0) is 0 Å². The number of benzene rings is 1. The molecule has 2 atom stereocenters. The lowest BCUT2D eigenvalue weighted by Crippen LogP contribution is -2.16. The first-order valence-corrected chi connectivity index (χ1v) is 6.85. The summed E-state index contributed by atoms with van der Waals surface area (Å²) < 4.78 is 1.60. The van der Waals surface area contributed by atoms with Crippen molar-refractivity contribution >= 4 is 5.69 Å². The number of rotatable bonds is 3. The number of nitrogens with one attached hydrogen (secondary N) is 2. The van der Waals surface area contributed by atoms with Gasteiger partial charge in [-0.1, -0.05) is 6.92 Å². The minimum Gasteiger partial charge on any atom is -0.382 e. The van der Waals surface area contributed by atoms with E-state index < -0.39 is 0 Å². The summed E-state index contributed by atoms with van der Waals surface area (Å²) in [6, 6.07) is 8.61. The standard InChI is InChI=1S/C15H19N3O/c1-11-2-3-13(10-11)17-12-4-6-14(7-5-12)18-9-8-16-15(18)19/h4-9,11,13,17H,2-3,10H2,1H3,(H,16,19). The molecule has 4 heteroatoms. The van der Waals surface area contributed by atoms with Gasteiger partial charge in [0.1, 0.15) is 0 Å². The monoisotopic (exact) mass is 257 g/mol. The Morgan fingerprint density at radius 1 is 1.26 bits per heavy atom. The van der Waals surface area contributed by atoms with E-state index in [0.717, 1.165) is 17.3 Å². The summed E-state index contributed by atoms with van der Waals surface area (Å²) in [5.41, 5.74) is 1.91. The Hall–Kier alpha value is -1.97. The summed E-state index contributed by atoms with van der Waals surface area (Å²) in [7, 11) is 0. The van der Waals surface area contributed by atoms with E-state index in [-0.39, 0.29) is 5.69 Å². The van der Waals surface area contributed by atoms with Crippen molar-refractivity contribution in [3.63, 3.8) is 0 Å². The van der Waals surface area contributed by atoms with Crippen molar-refractivity contribution in [1.29, 1.82) is 0 Å². The molecular weight excluding hydrogens is 238 g/mol. The van der Waals surface area contributed by atoms with E-state index >= 15 is 0 Å². The summed E-state index contributed by atoms with van der Waals surface area (Å²) in [5.74, 6) is 0.829. The fourth-order valence-corrected chi connectivity index (χ4v) is 2.82. The third kappa shape index (κ3) is 2.57. The third-order valence-electron chi connectivity index (χ3n) is 3.86. The summed E-state index contributed by atoms with van der Waals surface area (Å²) in [4.78, 5) is 14.1. The topological polar surface area (TPSA) is 49.8 Å². The molecule has 0 radical (unpaired) electrons. The van der Waals surface area contributed by atoms with E-state index in [4.69, 9.17) is 0 Å². The van der Waals surface area contributed by atoms with E-state index in [1.165, 1.54) is 19.3 Å². The lowest BCUT2D eigenvalue weighted by molar-refractivity contribution is 0.602. The molecule has 1 saturated carbocycles. The van der Waals surface area contributed by atoms with Crippen molar-refractivity contribution in [3.05, 3.63) is 47.1 Å². The molecule has 0 saturated heterocycles. The lowest BCUT2D eigenvalue weighted by Gasteiger charge is -2.14. The fraction of sp³-hybridized carbons (Fsp3) is 0.400. The molecule has 2 N–H and O–H groups in total. The number of H-pyrrole nitrogens is 1. The number of imidazole rings is 1. The maximum absolute atomic E-state index is 11.5. The van der Waals surface area contributed by atoms with Crippen LogP contribution in [0, 0.1) is 5.92 Å². The molecule has 3 rings (SSSR count). The lowest BCUT2D eigenvalue weighted by atomic mass is 10.1. The molecule has 0 aliphatic heterocycles. The van der Waals surface area contributed by atoms with Gasteiger partial charge < -0.3 is 10.3 Å². The second kappa shape index (κ2) is 4.96. The van der Waals surface area contributed by atoms with E-state index in [1.54, 1.807) is 17.0 Å². The van der Waals surface area contributed by atoms with Crippen LogP contribution in [0.5, 0.6) is 0 Å². The van der Waals surface area contributed by atoms with Gasteiger partial charge in [0.2, 0.25) is 0 Å². The van der Waals surface area contributed by atoms with Crippen LogP contribution < -0.4 is 11.0 Å². The van der Waals surface area contributed by atoms with Crippen LogP contribution in [0.1, 0.15) is 26.2 Å². The third-order valence-corrected chi connectivity index (χ3v) is 3.86. The van der Waals surface area contributed by atoms with Gasteiger partial charge in [0.05, 0.1) is 5.69 Å². The van der Waals surface area contributed by atoms with Crippen molar-refractivity contribution in [2.45, 2.75) is 32.2 Å². The Morgan fingerprint density at radius 2 is 2.05 bits per heavy atom. The summed E-state index contributed by atoms with van der Waals surface area (Å²) in [5, 5.41) is 3.56. The number of anilines is 1. The van der Waals surface area contributed by atoms with Crippen molar-refractivity contribution in [3.8, 4) is 5.69 Å². The molecule has 100 valence electrons. The molecule has 19 heavy (non-hydrogen) atoms. The van der Waals surface area contributed by atoms with Gasteiger partial charge >= 0.3 is 5.69 Å². The number of aromatic amines is 1. The van der Waals surface area contributed by atoms with Crippen molar-refractivity contribution in [2.24, 2.45) is 5.92 Å². The van der Waals surface area contributed by atoms with E-state index in [1.807, 2.05) is 24.3 Å². The molecule has 0 bridgehead atoms. The van der Waals surface area contributed by atoms with Gasteiger partial charge in [0.15, 0.2) is 0 Å². The zero-order chi connectivity index (χ0) is 13.2. The molecule has 4 nitrogen and oxygen atoms in total. The Kier molecular flexibility index (Phi) is 3.15. The number of hydrogen-bond acceptors (Lipinski definition) is 2. The highest BCUT2D eigenvalue weighted by Gasteiger charge is 2.20. The smallest absolute Gasteiger partial charge is 0.330 e.